The molecule has 72 valence electrons. The average Bonchev–Trinajstić information content (AvgIpc) is 2.02. The summed E-state index contributed by atoms with van der Waals surface area (Å²) in [4.78, 5) is 4.08. The van der Waals surface area contributed by atoms with Crippen LogP contribution in [0.15, 0.2) is 4.99 Å². The average molecular weight is 173 g/mol. The van der Waals surface area contributed by atoms with Crippen LogP contribution in [0.25, 0.3) is 0 Å². The van der Waals surface area contributed by atoms with Gasteiger partial charge < -0.3 is 16.2 Å². The van der Waals surface area contributed by atoms with Gasteiger partial charge in [0.05, 0.1) is 6.54 Å². The van der Waals surface area contributed by atoms with E-state index in [4.69, 9.17) is 10.8 Å². The summed E-state index contributed by atoms with van der Waals surface area (Å²) in [5.74, 6) is 0.444. The van der Waals surface area contributed by atoms with Crippen molar-refractivity contribution in [2.75, 3.05) is 19.7 Å². The fourth-order valence-corrected chi connectivity index (χ4v) is 0.586. The Kier molecular flexibility index (Phi) is 4.66. The van der Waals surface area contributed by atoms with Crippen molar-refractivity contribution in [1.29, 1.82) is 0 Å². The summed E-state index contributed by atoms with van der Waals surface area (Å²) in [6.45, 7) is 7.28. The molecule has 0 aliphatic heterocycles. The van der Waals surface area contributed by atoms with E-state index in [1.807, 2.05) is 20.8 Å². The normalized spacial score (nSPS) is 13.2. The van der Waals surface area contributed by atoms with E-state index in [0.717, 1.165) is 6.54 Å². The summed E-state index contributed by atoms with van der Waals surface area (Å²) >= 11 is 0. The third-order valence-electron chi connectivity index (χ3n) is 1.46. The van der Waals surface area contributed by atoms with Crippen molar-refractivity contribution in [3.05, 3.63) is 0 Å². The lowest BCUT2D eigenvalue weighted by Gasteiger charge is -2.18. The standard InChI is InChI=1S/C8H19N3O/c1-4-10-7(9)11-5-8(2,3)6-12/h12H,4-6H2,1-3H3,(H3,9,10,11). The predicted molar refractivity (Wildman–Crippen MR) is 51.0 cm³/mol. The highest BCUT2D eigenvalue weighted by molar-refractivity contribution is 5.77. The van der Waals surface area contributed by atoms with Crippen molar-refractivity contribution >= 4 is 5.96 Å². The number of nitrogens with zero attached hydrogens (tertiary/aromatic N) is 1. The third-order valence-corrected chi connectivity index (χ3v) is 1.46. The maximum atomic E-state index is 8.91. The molecule has 0 saturated heterocycles. The van der Waals surface area contributed by atoms with E-state index in [-0.39, 0.29) is 12.0 Å². The van der Waals surface area contributed by atoms with Gasteiger partial charge in [-0.3, -0.25) is 4.99 Å². The number of hydrogen-bond donors (Lipinski definition) is 3. The second kappa shape index (κ2) is 4.98. The first-order valence-corrected chi connectivity index (χ1v) is 4.16. The van der Waals surface area contributed by atoms with E-state index in [9.17, 15) is 0 Å². The Morgan fingerprint density at radius 3 is 2.58 bits per heavy atom. The maximum Gasteiger partial charge on any atom is 0.188 e. The second-order valence-corrected chi connectivity index (χ2v) is 3.55. The minimum atomic E-state index is -0.181. The first kappa shape index (κ1) is 11.2. The van der Waals surface area contributed by atoms with Crippen molar-refractivity contribution in [3.63, 3.8) is 0 Å². The lowest BCUT2D eigenvalue weighted by molar-refractivity contribution is 0.167. The number of nitrogens with one attached hydrogen (secondary N) is 1. The van der Waals surface area contributed by atoms with Crippen molar-refractivity contribution in [2.45, 2.75) is 20.8 Å². The topological polar surface area (TPSA) is 70.6 Å². The summed E-state index contributed by atoms with van der Waals surface area (Å²) in [5, 5.41) is 11.8. The van der Waals surface area contributed by atoms with Crippen LogP contribution in [0.1, 0.15) is 20.8 Å². The van der Waals surface area contributed by atoms with Gasteiger partial charge in [0.2, 0.25) is 0 Å². The Labute approximate surface area is 73.9 Å². The van der Waals surface area contributed by atoms with E-state index >= 15 is 0 Å². The number of nitrogens with two attached hydrogens (primary N) is 1. The summed E-state index contributed by atoms with van der Waals surface area (Å²) in [7, 11) is 0. The van der Waals surface area contributed by atoms with Gasteiger partial charge in [0, 0.05) is 18.6 Å². The quantitative estimate of drug-likeness (QED) is 0.411. The highest BCUT2D eigenvalue weighted by Crippen LogP contribution is 2.12. The van der Waals surface area contributed by atoms with Gasteiger partial charge in [-0.05, 0) is 6.92 Å². The molecule has 0 aliphatic rings. The molecule has 4 heteroatoms. The van der Waals surface area contributed by atoms with Gasteiger partial charge in [-0.1, -0.05) is 13.8 Å². The Morgan fingerprint density at radius 1 is 1.58 bits per heavy atom. The molecule has 0 aromatic heterocycles. The van der Waals surface area contributed by atoms with Crippen LogP contribution in [-0.2, 0) is 0 Å². The van der Waals surface area contributed by atoms with Crippen LogP contribution in [0.3, 0.4) is 0 Å². The molecule has 0 bridgehead atoms. The molecule has 0 aliphatic carbocycles. The summed E-state index contributed by atoms with van der Waals surface area (Å²) < 4.78 is 0. The molecule has 0 fully saturated rings. The van der Waals surface area contributed by atoms with E-state index in [2.05, 4.69) is 10.3 Å². The van der Waals surface area contributed by atoms with Crippen molar-refractivity contribution in [3.8, 4) is 0 Å². The molecular formula is C8H19N3O. The zero-order chi connectivity index (χ0) is 9.61. The van der Waals surface area contributed by atoms with Gasteiger partial charge in [0.1, 0.15) is 0 Å². The van der Waals surface area contributed by atoms with Crippen LogP contribution in [0.4, 0.5) is 0 Å². The number of aliphatic hydroxyl groups is 1. The molecule has 0 radical (unpaired) electrons. The molecule has 4 N–H and O–H groups in total. The monoisotopic (exact) mass is 173 g/mol. The zero-order valence-electron chi connectivity index (χ0n) is 8.09. The number of hydrogen-bond acceptors (Lipinski definition) is 2. The molecule has 0 aromatic rings. The SMILES string of the molecule is CCNC(N)=NCC(C)(C)CO. The van der Waals surface area contributed by atoms with E-state index < -0.39 is 0 Å². The Bertz CT molecular complexity index is 154. The van der Waals surface area contributed by atoms with Crippen LogP contribution in [0.2, 0.25) is 0 Å². The third kappa shape index (κ3) is 4.96. The number of guanidine groups is 1. The summed E-state index contributed by atoms with van der Waals surface area (Å²) in [5.41, 5.74) is 5.32. The van der Waals surface area contributed by atoms with Crippen molar-refractivity contribution in [1.82, 2.24) is 5.32 Å². The molecule has 0 saturated carbocycles. The minimum Gasteiger partial charge on any atom is -0.396 e. The van der Waals surface area contributed by atoms with Crippen molar-refractivity contribution < 1.29 is 5.11 Å². The first-order valence-electron chi connectivity index (χ1n) is 4.16. The first-order chi connectivity index (χ1) is 5.52. The maximum absolute atomic E-state index is 8.91. The number of aliphatic hydroxyl groups excluding tert-OH is 1. The van der Waals surface area contributed by atoms with Gasteiger partial charge in [-0.2, -0.15) is 0 Å². The Balaban J connectivity index is 3.86. The summed E-state index contributed by atoms with van der Waals surface area (Å²) in [6.07, 6.45) is 0. The van der Waals surface area contributed by atoms with Crippen LogP contribution < -0.4 is 11.1 Å². The molecule has 0 spiro atoms. The highest BCUT2D eigenvalue weighted by Gasteiger charge is 2.15. The second-order valence-electron chi connectivity index (χ2n) is 3.55. The van der Waals surface area contributed by atoms with Crippen LogP contribution in [0, 0.1) is 5.41 Å². The molecule has 0 amide bonds. The number of rotatable bonds is 4. The predicted octanol–water partition coefficient (Wildman–Crippen LogP) is -0.0709. The van der Waals surface area contributed by atoms with Gasteiger partial charge in [0.15, 0.2) is 5.96 Å². The highest BCUT2D eigenvalue weighted by atomic mass is 16.3. The zero-order valence-corrected chi connectivity index (χ0v) is 8.09. The van der Waals surface area contributed by atoms with Gasteiger partial charge in [-0.25, -0.2) is 0 Å². The molecule has 0 atom stereocenters. The molecular weight excluding hydrogens is 154 g/mol. The fraction of sp³-hybridized carbons (Fsp3) is 0.875. The van der Waals surface area contributed by atoms with Crippen molar-refractivity contribution in [2.24, 2.45) is 16.1 Å². The smallest absolute Gasteiger partial charge is 0.188 e. The van der Waals surface area contributed by atoms with Gasteiger partial charge in [0.25, 0.3) is 0 Å². The number of aliphatic imine (C=N–C) groups is 1. The molecule has 0 unspecified atom stereocenters. The van der Waals surface area contributed by atoms with Crippen LogP contribution in [0.5, 0.6) is 0 Å². The Hall–Kier alpha value is -0.770. The van der Waals surface area contributed by atoms with E-state index in [1.54, 1.807) is 0 Å². The lowest BCUT2D eigenvalue weighted by atomic mass is 9.95. The molecule has 4 nitrogen and oxygen atoms in total. The van der Waals surface area contributed by atoms with E-state index in [1.165, 1.54) is 0 Å². The molecule has 0 aromatic carbocycles. The Morgan fingerprint density at radius 2 is 2.17 bits per heavy atom. The van der Waals surface area contributed by atoms with Gasteiger partial charge in [-0.15, -0.1) is 0 Å². The van der Waals surface area contributed by atoms with E-state index in [0.29, 0.717) is 12.5 Å². The molecule has 12 heavy (non-hydrogen) atoms. The summed E-state index contributed by atoms with van der Waals surface area (Å²) in [6, 6.07) is 0. The lowest BCUT2D eigenvalue weighted by Crippen LogP contribution is -2.33. The minimum absolute atomic E-state index is 0.121. The fourth-order valence-electron chi connectivity index (χ4n) is 0.586. The molecule has 0 rings (SSSR count). The largest absolute Gasteiger partial charge is 0.396 e. The van der Waals surface area contributed by atoms with Crippen LogP contribution >= 0.6 is 0 Å². The van der Waals surface area contributed by atoms with Crippen LogP contribution in [-0.4, -0.2) is 30.8 Å². The molecule has 0 heterocycles. The van der Waals surface area contributed by atoms with Gasteiger partial charge >= 0.3 is 0 Å².